The van der Waals surface area contributed by atoms with Crippen molar-refractivity contribution in [2.75, 3.05) is 10.7 Å². The van der Waals surface area contributed by atoms with E-state index in [1.807, 2.05) is 66.0 Å². The average molecular weight is 455 g/mol. The normalized spacial score (nSPS) is 11.1. The van der Waals surface area contributed by atoms with Crippen molar-refractivity contribution in [3.8, 4) is 11.3 Å². The van der Waals surface area contributed by atoms with E-state index >= 15 is 0 Å². The van der Waals surface area contributed by atoms with Crippen LogP contribution >= 0.6 is 22.7 Å². The number of aromatic nitrogens is 1. The van der Waals surface area contributed by atoms with E-state index in [1.54, 1.807) is 12.3 Å². The Morgan fingerprint density at radius 2 is 1.72 bits per heavy atom. The molecule has 0 bridgehead atoms. The average Bonchev–Trinajstić information content (AvgIpc) is 3.50. The zero-order valence-electron chi connectivity index (χ0n) is 16.9. The van der Waals surface area contributed by atoms with Crippen LogP contribution in [0.5, 0.6) is 0 Å². The van der Waals surface area contributed by atoms with Gasteiger partial charge in [0.1, 0.15) is 10.7 Å². The number of benzene rings is 3. The molecule has 2 N–H and O–H groups in total. The highest BCUT2D eigenvalue weighted by Gasteiger charge is 2.16. The van der Waals surface area contributed by atoms with Gasteiger partial charge in [-0.15, -0.1) is 11.3 Å². The molecule has 0 aliphatic carbocycles. The quantitative estimate of drug-likeness (QED) is 0.221. The lowest BCUT2D eigenvalue weighted by Gasteiger charge is -2.03. The summed E-state index contributed by atoms with van der Waals surface area (Å²) in [6, 6.07) is 27.8. The van der Waals surface area contributed by atoms with Crippen molar-refractivity contribution in [3.05, 3.63) is 101 Å². The number of carbonyl (C=O) groups excluding carboxylic acids is 1. The van der Waals surface area contributed by atoms with E-state index in [9.17, 15) is 4.79 Å². The second-order valence-electron chi connectivity index (χ2n) is 6.93. The summed E-state index contributed by atoms with van der Waals surface area (Å²) in [4.78, 5) is 18.0. The molecule has 1 amide bonds. The number of amides is 1. The van der Waals surface area contributed by atoms with Gasteiger partial charge in [-0.1, -0.05) is 90.2 Å². The molecule has 0 spiro atoms. The van der Waals surface area contributed by atoms with Gasteiger partial charge in [-0.05, 0) is 22.2 Å². The Morgan fingerprint density at radius 3 is 2.56 bits per heavy atom. The van der Waals surface area contributed by atoms with Crippen LogP contribution in [0, 0.1) is 0 Å². The lowest BCUT2D eigenvalue weighted by atomic mass is 10.1. The molecule has 0 fully saturated rings. The monoisotopic (exact) mass is 454 g/mol. The number of thiophene rings is 1. The molecule has 7 heteroatoms. The highest BCUT2D eigenvalue weighted by molar-refractivity contribution is 7.20. The van der Waals surface area contributed by atoms with Crippen molar-refractivity contribution in [3.63, 3.8) is 0 Å². The van der Waals surface area contributed by atoms with Crippen LogP contribution in [0.3, 0.4) is 0 Å². The number of fused-ring (bicyclic) bond motifs is 1. The highest BCUT2D eigenvalue weighted by atomic mass is 32.1. The molecule has 0 aliphatic rings. The Morgan fingerprint density at radius 1 is 0.906 bits per heavy atom. The molecule has 3 aromatic carbocycles. The van der Waals surface area contributed by atoms with Crippen LogP contribution in [0.2, 0.25) is 0 Å². The van der Waals surface area contributed by atoms with Crippen molar-refractivity contribution in [2.45, 2.75) is 0 Å². The Labute approximate surface area is 193 Å². The summed E-state index contributed by atoms with van der Waals surface area (Å²) in [5.74, 6) is -0.147. The molecular weight excluding hydrogens is 436 g/mol. The number of hydrazone groups is 1. The fraction of sp³-hybridized carbons (Fsp3) is 0. The smallest absolute Gasteiger partial charge is 0.266 e. The van der Waals surface area contributed by atoms with Crippen LogP contribution in [0.1, 0.15) is 15.2 Å². The van der Waals surface area contributed by atoms with Gasteiger partial charge in [-0.2, -0.15) is 5.10 Å². The van der Waals surface area contributed by atoms with E-state index < -0.39 is 0 Å². The van der Waals surface area contributed by atoms with Gasteiger partial charge in [0.05, 0.1) is 11.1 Å². The van der Waals surface area contributed by atoms with Gasteiger partial charge in [0, 0.05) is 11.1 Å². The second-order valence-corrected chi connectivity index (χ2v) is 8.88. The molecule has 5 nitrogen and oxygen atoms in total. The van der Waals surface area contributed by atoms with E-state index in [0.29, 0.717) is 20.7 Å². The van der Waals surface area contributed by atoms with Gasteiger partial charge in [-0.3, -0.25) is 10.2 Å². The summed E-state index contributed by atoms with van der Waals surface area (Å²) in [7, 11) is 0. The summed E-state index contributed by atoms with van der Waals surface area (Å²) >= 11 is 2.76. The minimum absolute atomic E-state index is 0.147. The summed E-state index contributed by atoms with van der Waals surface area (Å²) in [6.07, 6.45) is 1.79. The zero-order chi connectivity index (χ0) is 21.8. The van der Waals surface area contributed by atoms with Gasteiger partial charge in [0.2, 0.25) is 5.13 Å². The van der Waals surface area contributed by atoms with E-state index in [4.69, 9.17) is 4.98 Å². The molecule has 0 saturated carbocycles. The second kappa shape index (κ2) is 9.13. The van der Waals surface area contributed by atoms with Crippen molar-refractivity contribution < 1.29 is 4.79 Å². The fourth-order valence-corrected chi connectivity index (χ4v) is 4.79. The van der Waals surface area contributed by atoms with Gasteiger partial charge in [0.25, 0.3) is 5.91 Å². The molecule has 5 aromatic rings. The van der Waals surface area contributed by atoms with E-state index in [-0.39, 0.29) is 5.91 Å². The first-order chi connectivity index (χ1) is 15.8. The van der Waals surface area contributed by atoms with Crippen LogP contribution in [-0.2, 0) is 0 Å². The van der Waals surface area contributed by atoms with Crippen LogP contribution < -0.4 is 10.7 Å². The first-order valence-electron chi connectivity index (χ1n) is 9.96. The third-order valence-corrected chi connectivity index (χ3v) is 6.58. The Bertz CT molecular complexity index is 1390. The van der Waals surface area contributed by atoms with Crippen molar-refractivity contribution in [1.29, 1.82) is 0 Å². The van der Waals surface area contributed by atoms with E-state index in [1.165, 1.54) is 22.7 Å². The van der Waals surface area contributed by atoms with E-state index in [0.717, 1.165) is 21.9 Å². The molecular formula is C25H18N4OS2. The number of rotatable bonds is 6. The molecule has 0 atom stereocenters. The molecule has 2 heterocycles. The molecule has 0 saturated heterocycles. The summed E-state index contributed by atoms with van der Waals surface area (Å²) in [5, 5.41) is 12.9. The number of nitrogens with zero attached hydrogens (tertiary/aromatic N) is 2. The molecule has 0 unspecified atom stereocenters. The van der Waals surface area contributed by atoms with Crippen LogP contribution in [-0.4, -0.2) is 17.1 Å². The summed E-state index contributed by atoms with van der Waals surface area (Å²) in [6.45, 7) is 0. The highest BCUT2D eigenvalue weighted by Crippen LogP contribution is 2.36. The Hall–Kier alpha value is -3.81. The Balaban J connectivity index is 1.42. The van der Waals surface area contributed by atoms with Crippen LogP contribution in [0.15, 0.2) is 95.4 Å². The topological polar surface area (TPSA) is 66.4 Å². The van der Waals surface area contributed by atoms with Crippen molar-refractivity contribution in [2.24, 2.45) is 5.10 Å². The maximum absolute atomic E-state index is 12.6. The number of carbonyl (C=O) groups is 1. The van der Waals surface area contributed by atoms with Crippen molar-refractivity contribution >= 4 is 55.7 Å². The number of thiazole rings is 1. The van der Waals surface area contributed by atoms with E-state index in [2.05, 4.69) is 34.0 Å². The van der Waals surface area contributed by atoms with Gasteiger partial charge >= 0.3 is 0 Å². The Kier molecular flexibility index (Phi) is 5.74. The number of hydrogen-bond donors (Lipinski definition) is 2. The predicted molar refractivity (Wildman–Crippen MR) is 135 cm³/mol. The lowest BCUT2D eigenvalue weighted by molar-refractivity contribution is 0.103. The summed E-state index contributed by atoms with van der Waals surface area (Å²) in [5.41, 5.74) is 5.68. The summed E-state index contributed by atoms with van der Waals surface area (Å²) < 4.78 is 0. The molecule has 156 valence electrons. The fourth-order valence-electron chi connectivity index (χ4n) is 3.34. The maximum atomic E-state index is 12.6. The van der Waals surface area contributed by atoms with Gasteiger partial charge in [0.15, 0.2) is 0 Å². The predicted octanol–water partition coefficient (Wildman–Crippen LogP) is 6.72. The zero-order valence-corrected chi connectivity index (χ0v) is 18.5. The first-order valence-corrected chi connectivity index (χ1v) is 11.7. The standard InChI is InChI=1S/C25H18N4OS2/c30-23(21-14-7-15-31-21)28-24-22(18-9-2-1-3-10-18)27-25(32-24)29-26-16-19-12-6-11-17-8-4-5-13-20(17)19/h1-16H,(H,27,29)(H,28,30)/b26-16-. The third-order valence-electron chi connectivity index (χ3n) is 4.83. The SMILES string of the molecule is O=C(Nc1sc(N/N=C\c2cccc3ccccc23)nc1-c1ccccc1)c1cccs1. The third kappa shape index (κ3) is 4.30. The molecule has 2 aromatic heterocycles. The largest absolute Gasteiger partial charge is 0.311 e. The van der Waals surface area contributed by atoms with Crippen molar-refractivity contribution in [1.82, 2.24) is 4.98 Å². The van der Waals surface area contributed by atoms with Gasteiger partial charge < -0.3 is 5.32 Å². The molecule has 0 radical (unpaired) electrons. The first kappa shape index (κ1) is 20.1. The van der Waals surface area contributed by atoms with Crippen LogP contribution in [0.25, 0.3) is 22.0 Å². The maximum Gasteiger partial charge on any atom is 0.266 e. The van der Waals surface area contributed by atoms with Gasteiger partial charge in [-0.25, -0.2) is 4.98 Å². The molecule has 32 heavy (non-hydrogen) atoms. The number of anilines is 2. The number of hydrogen-bond acceptors (Lipinski definition) is 6. The minimum atomic E-state index is -0.147. The lowest BCUT2D eigenvalue weighted by Crippen LogP contribution is -2.09. The number of nitrogens with one attached hydrogen (secondary N) is 2. The molecule has 5 rings (SSSR count). The minimum Gasteiger partial charge on any atom is -0.311 e. The molecule has 0 aliphatic heterocycles. The van der Waals surface area contributed by atoms with Crippen LogP contribution in [0.4, 0.5) is 10.1 Å².